The van der Waals surface area contributed by atoms with Crippen LogP contribution >= 0.6 is 0 Å². The number of fused-ring (bicyclic) bond motifs is 1. The summed E-state index contributed by atoms with van der Waals surface area (Å²) in [6.45, 7) is 0. The first-order valence-corrected chi connectivity index (χ1v) is 6.73. The third-order valence-electron chi connectivity index (χ3n) is 3.13. The van der Waals surface area contributed by atoms with E-state index in [4.69, 9.17) is 0 Å². The number of allylic oxidation sites excluding steroid dienone is 1. The summed E-state index contributed by atoms with van der Waals surface area (Å²) in [7, 11) is 3.75. The van der Waals surface area contributed by atoms with E-state index in [1.165, 1.54) is 0 Å². The number of hydrogen-bond acceptors (Lipinski definition) is 5. The number of nitriles is 1. The largest absolute Gasteiger partial charge is 0.347 e. The van der Waals surface area contributed by atoms with Gasteiger partial charge in [-0.15, -0.1) is 0 Å². The Bertz CT molecular complexity index is 835. The van der Waals surface area contributed by atoms with E-state index in [1.807, 2.05) is 43.3 Å². The Morgan fingerprint density at radius 3 is 2.59 bits per heavy atom. The Kier molecular flexibility index (Phi) is 3.54. The summed E-state index contributed by atoms with van der Waals surface area (Å²) in [6, 6.07) is 9.83. The second-order valence-electron chi connectivity index (χ2n) is 4.98. The third-order valence-corrected chi connectivity index (χ3v) is 3.13. The molecular weight excluding hydrogens is 276 g/mol. The highest BCUT2D eigenvalue weighted by atomic mass is 15.2. The number of para-hydroxylation sites is 2. The standard InChI is InChI=1S/C16H14N6/c1-22(2)16-18-9-11(10-19-16)7-12(8-17)15-20-13-5-3-4-6-14(13)21-15/h3-7,9-10H,1-2H3,(H,20,21)/b12-7+. The van der Waals surface area contributed by atoms with E-state index in [0.717, 1.165) is 16.6 Å². The van der Waals surface area contributed by atoms with E-state index < -0.39 is 0 Å². The molecule has 0 spiro atoms. The van der Waals surface area contributed by atoms with Crippen LogP contribution in [0.4, 0.5) is 5.95 Å². The third kappa shape index (κ3) is 2.65. The molecule has 0 unspecified atom stereocenters. The molecule has 2 aromatic heterocycles. The Hall–Kier alpha value is -3.20. The first-order valence-electron chi connectivity index (χ1n) is 6.73. The van der Waals surface area contributed by atoms with Gasteiger partial charge in [0.05, 0.1) is 16.6 Å². The Labute approximate surface area is 127 Å². The lowest BCUT2D eigenvalue weighted by Crippen LogP contribution is -2.12. The number of nitrogens with zero attached hydrogens (tertiary/aromatic N) is 5. The lowest BCUT2D eigenvalue weighted by atomic mass is 10.2. The van der Waals surface area contributed by atoms with Crippen molar-refractivity contribution >= 4 is 28.6 Å². The first-order chi connectivity index (χ1) is 10.7. The highest BCUT2D eigenvalue weighted by Crippen LogP contribution is 2.18. The molecule has 0 aliphatic rings. The van der Waals surface area contributed by atoms with Gasteiger partial charge in [-0.3, -0.25) is 0 Å². The van der Waals surface area contributed by atoms with E-state index in [0.29, 0.717) is 17.3 Å². The van der Waals surface area contributed by atoms with Gasteiger partial charge in [-0.25, -0.2) is 15.0 Å². The molecule has 108 valence electrons. The van der Waals surface area contributed by atoms with E-state index in [-0.39, 0.29) is 0 Å². The predicted molar refractivity (Wildman–Crippen MR) is 85.9 cm³/mol. The summed E-state index contributed by atoms with van der Waals surface area (Å²) in [6.07, 6.45) is 5.09. The summed E-state index contributed by atoms with van der Waals surface area (Å²) in [5.74, 6) is 1.17. The molecule has 0 fully saturated rings. The summed E-state index contributed by atoms with van der Waals surface area (Å²) >= 11 is 0. The summed E-state index contributed by atoms with van der Waals surface area (Å²) in [4.78, 5) is 17.9. The molecule has 1 aromatic carbocycles. The van der Waals surface area contributed by atoms with Crippen molar-refractivity contribution in [3.63, 3.8) is 0 Å². The Balaban J connectivity index is 1.97. The number of aromatic amines is 1. The fraction of sp³-hybridized carbons (Fsp3) is 0.125. The number of hydrogen-bond donors (Lipinski definition) is 1. The van der Waals surface area contributed by atoms with Crippen LogP contribution in [0.25, 0.3) is 22.7 Å². The maximum Gasteiger partial charge on any atom is 0.224 e. The molecule has 0 aliphatic carbocycles. The number of H-pyrrole nitrogens is 1. The maximum absolute atomic E-state index is 9.38. The van der Waals surface area contributed by atoms with Crippen molar-refractivity contribution in [2.75, 3.05) is 19.0 Å². The van der Waals surface area contributed by atoms with Gasteiger partial charge < -0.3 is 9.88 Å². The van der Waals surface area contributed by atoms with Crippen molar-refractivity contribution in [1.82, 2.24) is 19.9 Å². The van der Waals surface area contributed by atoms with Crippen LogP contribution in [0.5, 0.6) is 0 Å². The zero-order chi connectivity index (χ0) is 15.5. The molecule has 0 atom stereocenters. The minimum Gasteiger partial charge on any atom is -0.347 e. The predicted octanol–water partition coefficient (Wildman–Crippen LogP) is 2.48. The van der Waals surface area contributed by atoms with E-state index in [9.17, 15) is 5.26 Å². The lowest BCUT2D eigenvalue weighted by Gasteiger charge is -2.08. The van der Waals surface area contributed by atoms with Crippen LogP contribution in [0.3, 0.4) is 0 Å². The minimum atomic E-state index is 0.442. The van der Waals surface area contributed by atoms with Crippen LogP contribution in [0.2, 0.25) is 0 Å². The van der Waals surface area contributed by atoms with Crippen LogP contribution in [0.15, 0.2) is 36.7 Å². The molecule has 0 aliphatic heterocycles. The summed E-state index contributed by atoms with van der Waals surface area (Å²) < 4.78 is 0. The Morgan fingerprint density at radius 2 is 1.95 bits per heavy atom. The second kappa shape index (κ2) is 5.66. The average molecular weight is 290 g/mol. The van der Waals surface area contributed by atoms with E-state index in [2.05, 4.69) is 26.0 Å². The number of nitrogens with one attached hydrogen (secondary N) is 1. The molecule has 3 rings (SSSR count). The molecule has 3 aromatic rings. The lowest BCUT2D eigenvalue weighted by molar-refractivity contribution is 0.996. The van der Waals surface area contributed by atoms with Crippen LogP contribution in [-0.4, -0.2) is 34.0 Å². The number of imidazole rings is 1. The molecule has 22 heavy (non-hydrogen) atoms. The summed E-state index contributed by atoms with van der Waals surface area (Å²) in [5.41, 5.74) is 2.93. The molecule has 2 heterocycles. The molecule has 0 bridgehead atoms. The fourth-order valence-electron chi connectivity index (χ4n) is 2.04. The topological polar surface area (TPSA) is 81.5 Å². The Morgan fingerprint density at radius 1 is 1.23 bits per heavy atom. The highest BCUT2D eigenvalue weighted by molar-refractivity contribution is 5.90. The molecule has 6 heteroatoms. The SMILES string of the molecule is CN(C)c1ncc(/C=C(\C#N)c2nc3ccccc3[nH]2)cn1. The van der Waals surface area contributed by atoms with Gasteiger partial charge in [0.1, 0.15) is 11.9 Å². The van der Waals surface area contributed by atoms with Crippen LogP contribution in [0, 0.1) is 11.3 Å². The maximum atomic E-state index is 9.38. The van der Waals surface area contributed by atoms with Crippen molar-refractivity contribution < 1.29 is 0 Å². The molecule has 0 saturated carbocycles. The van der Waals surface area contributed by atoms with Gasteiger partial charge in [-0.1, -0.05) is 12.1 Å². The quantitative estimate of drug-likeness (QED) is 0.749. The molecule has 1 N–H and O–H groups in total. The van der Waals surface area contributed by atoms with Crippen LogP contribution in [-0.2, 0) is 0 Å². The van der Waals surface area contributed by atoms with Gasteiger partial charge >= 0.3 is 0 Å². The zero-order valence-corrected chi connectivity index (χ0v) is 12.3. The van der Waals surface area contributed by atoms with Crippen LogP contribution < -0.4 is 4.90 Å². The number of anilines is 1. The van der Waals surface area contributed by atoms with E-state index in [1.54, 1.807) is 18.5 Å². The van der Waals surface area contributed by atoms with Gasteiger partial charge in [0.15, 0.2) is 0 Å². The number of benzene rings is 1. The minimum absolute atomic E-state index is 0.442. The van der Waals surface area contributed by atoms with Crippen LogP contribution in [0.1, 0.15) is 11.4 Å². The normalized spacial score (nSPS) is 11.4. The molecule has 6 nitrogen and oxygen atoms in total. The smallest absolute Gasteiger partial charge is 0.224 e. The number of rotatable bonds is 3. The van der Waals surface area contributed by atoms with Crippen molar-refractivity contribution in [1.29, 1.82) is 5.26 Å². The van der Waals surface area contributed by atoms with Gasteiger partial charge in [0, 0.05) is 32.1 Å². The van der Waals surface area contributed by atoms with Crippen molar-refractivity contribution in [3.05, 3.63) is 48.0 Å². The molecule has 0 radical (unpaired) electrons. The average Bonchev–Trinajstić information content (AvgIpc) is 2.96. The molecule has 0 saturated heterocycles. The second-order valence-corrected chi connectivity index (χ2v) is 4.98. The van der Waals surface area contributed by atoms with E-state index >= 15 is 0 Å². The van der Waals surface area contributed by atoms with Gasteiger partial charge in [0.2, 0.25) is 5.95 Å². The molecule has 0 amide bonds. The number of aromatic nitrogens is 4. The van der Waals surface area contributed by atoms with Gasteiger partial charge in [-0.05, 0) is 18.2 Å². The van der Waals surface area contributed by atoms with Gasteiger partial charge in [-0.2, -0.15) is 5.26 Å². The molecular formula is C16H14N6. The fourth-order valence-corrected chi connectivity index (χ4v) is 2.04. The summed E-state index contributed by atoms with van der Waals surface area (Å²) in [5, 5.41) is 9.38. The van der Waals surface area contributed by atoms with Crippen molar-refractivity contribution in [2.45, 2.75) is 0 Å². The van der Waals surface area contributed by atoms with Crippen molar-refractivity contribution in [3.8, 4) is 6.07 Å². The van der Waals surface area contributed by atoms with Crippen molar-refractivity contribution in [2.24, 2.45) is 0 Å². The monoisotopic (exact) mass is 290 g/mol. The first kappa shape index (κ1) is 13.8. The zero-order valence-electron chi connectivity index (χ0n) is 12.3. The highest BCUT2D eigenvalue weighted by Gasteiger charge is 2.08. The van der Waals surface area contributed by atoms with Gasteiger partial charge in [0.25, 0.3) is 0 Å².